The number of thiophene rings is 1. The summed E-state index contributed by atoms with van der Waals surface area (Å²) in [5, 5.41) is 11.7. The smallest absolute Gasteiger partial charge is 0.329 e. The first-order valence-electron chi connectivity index (χ1n) is 4.89. The minimum absolute atomic E-state index is 0.187. The predicted octanol–water partition coefficient (Wildman–Crippen LogP) is 0.441. The van der Waals surface area contributed by atoms with Crippen molar-refractivity contribution in [3.8, 4) is 0 Å². The fourth-order valence-corrected chi connectivity index (χ4v) is 2.72. The third-order valence-corrected chi connectivity index (χ3v) is 3.46. The van der Waals surface area contributed by atoms with Crippen LogP contribution in [0.4, 0.5) is 0 Å². The SMILES string of the molecule is Cc1csc2c1c(=O)[nH]c(=O)n2CC(C)O. The van der Waals surface area contributed by atoms with Crippen LogP contribution in [0, 0.1) is 6.92 Å². The van der Waals surface area contributed by atoms with Crippen LogP contribution < -0.4 is 11.2 Å². The summed E-state index contributed by atoms with van der Waals surface area (Å²) in [5.41, 5.74) is 0.0152. The summed E-state index contributed by atoms with van der Waals surface area (Å²) in [6.45, 7) is 3.61. The zero-order valence-corrected chi connectivity index (χ0v) is 9.80. The van der Waals surface area contributed by atoms with Crippen molar-refractivity contribution in [2.75, 3.05) is 0 Å². The lowest BCUT2D eigenvalue weighted by Crippen LogP contribution is -2.32. The third kappa shape index (κ3) is 1.70. The van der Waals surface area contributed by atoms with Gasteiger partial charge in [0.15, 0.2) is 0 Å². The van der Waals surface area contributed by atoms with Gasteiger partial charge in [-0.05, 0) is 24.8 Å². The van der Waals surface area contributed by atoms with Crippen LogP contribution >= 0.6 is 11.3 Å². The molecule has 0 aliphatic heterocycles. The van der Waals surface area contributed by atoms with E-state index in [4.69, 9.17) is 0 Å². The minimum Gasteiger partial charge on any atom is -0.392 e. The molecule has 0 aliphatic carbocycles. The molecule has 0 radical (unpaired) electrons. The predicted molar refractivity (Wildman–Crippen MR) is 63.1 cm³/mol. The zero-order chi connectivity index (χ0) is 11.9. The summed E-state index contributed by atoms with van der Waals surface area (Å²) in [4.78, 5) is 26.1. The van der Waals surface area contributed by atoms with E-state index in [9.17, 15) is 14.7 Å². The van der Waals surface area contributed by atoms with Crippen LogP contribution in [0.5, 0.6) is 0 Å². The second-order valence-corrected chi connectivity index (χ2v) is 4.68. The Labute approximate surface area is 95.0 Å². The first-order valence-corrected chi connectivity index (χ1v) is 5.77. The molecule has 1 unspecified atom stereocenters. The van der Waals surface area contributed by atoms with Gasteiger partial charge in [0.25, 0.3) is 5.56 Å². The number of hydrogen-bond acceptors (Lipinski definition) is 4. The third-order valence-electron chi connectivity index (χ3n) is 2.34. The molecule has 0 bridgehead atoms. The normalized spacial score (nSPS) is 13.2. The summed E-state index contributed by atoms with van der Waals surface area (Å²) in [7, 11) is 0. The first kappa shape index (κ1) is 11.1. The monoisotopic (exact) mass is 240 g/mol. The highest BCUT2D eigenvalue weighted by Crippen LogP contribution is 2.20. The van der Waals surface area contributed by atoms with Crippen LogP contribution in [-0.2, 0) is 6.54 Å². The average molecular weight is 240 g/mol. The molecule has 2 N–H and O–H groups in total. The van der Waals surface area contributed by atoms with Gasteiger partial charge in [0.1, 0.15) is 4.83 Å². The second kappa shape index (κ2) is 3.88. The number of aromatic nitrogens is 2. The molecule has 0 fully saturated rings. The number of nitrogens with one attached hydrogen (secondary N) is 1. The lowest BCUT2D eigenvalue weighted by Gasteiger charge is -2.08. The molecule has 2 heterocycles. The standard InChI is InChI=1S/C10H12N2O3S/c1-5-4-16-9-7(5)8(14)11-10(15)12(9)3-6(2)13/h4,6,13H,3H2,1-2H3,(H,11,14,15). The van der Waals surface area contributed by atoms with Crippen molar-refractivity contribution in [3.05, 3.63) is 31.8 Å². The molecule has 6 heteroatoms. The van der Waals surface area contributed by atoms with Crippen molar-refractivity contribution < 1.29 is 5.11 Å². The van der Waals surface area contributed by atoms with E-state index in [0.29, 0.717) is 10.2 Å². The van der Waals surface area contributed by atoms with E-state index >= 15 is 0 Å². The molecule has 5 nitrogen and oxygen atoms in total. The van der Waals surface area contributed by atoms with Gasteiger partial charge < -0.3 is 5.11 Å². The van der Waals surface area contributed by atoms with E-state index in [1.165, 1.54) is 15.9 Å². The van der Waals surface area contributed by atoms with Crippen molar-refractivity contribution in [1.82, 2.24) is 9.55 Å². The van der Waals surface area contributed by atoms with Gasteiger partial charge >= 0.3 is 5.69 Å². The summed E-state index contributed by atoms with van der Waals surface area (Å²) >= 11 is 1.34. The Balaban J connectivity index is 2.83. The Morgan fingerprint density at radius 3 is 2.88 bits per heavy atom. The molecular formula is C10H12N2O3S. The average Bonchev–Trinajstić information content (AvgIpc) is 2.55. The van der Waals surface area contributed by atoms with Gasteiger partial charge in [0, 0.05) is 0 Å². The van der Waals surface area contributed by atoms with E-state index < -0.39 is 11.8 Å². The van der Waals surface area contributed by atoms with Crippen molar-refractivity contribution in [2.45, 2.75) is 26.5 Å². The van der Waals surface area contributed by atoms with Gasteiger partial charge in [-0.25, -0.2) is 4.79 Å². The van der Waals surface area contributed by atoms with Crippen molar-refractivity contribution >= 4 is 21.6 Å². The molecule has 0 aliphatic rings. The lowest BCUT2D eigenvalue weighted by molar-refractivity contribution is 0.173. The van der Waals surface area contributed by atoms with Gasteiger partial charge in [0.2, 0.25) is 0 Å². The van der Waals surface area contributed by atoms with Crippen LogP contribution in [0.1, 0.15) is 12.5 Å². The summed E-state index contributed by atoms with van der Waals surface area (Å²) < 4.78 is 1.40. The van der Waals surface area contributed by atoms with E-state index in [-0.39, 0.29) is 12.1 Å². The minimum atomic E-state index is -0.630. The maximum atomic E-state index is 11.6. The highest BCUT2D eigenvalue weighted by atomic mass is 32.1. The van der Waals surface area contributed by atoms with Crippen molar-refractivity contribution in [2.24, 2.45) is 0 Å². The van der Waals surface area contributed by atoms with E-state index in [0.717, 1.165) is 5.56 Å². The Hall–Kier alpha value is -1.40. The molecule has 16 heavy (non-hydrogen) atoms. The van der Waals surface area contributed by atoms with Crippen LogP contribution in [-0.4, -0.2) is 20.8 Å². The zero-order valence-electron chi connectivity index (χ0n) is 8.98. The van der Waals surface area contributed by atoms with Gasteiger partial charge in [-0.15, -0.1) is 11.3 Å². The van der Waals surface area contributed by atoms with E-state index in [1.54, 1.807) is 6.92 Å². The van der Waals surface area contributed by atoms with Crippen LogP contribution in [0.2, 0.25) is 0 Å². The first-order chi connectivity index (χ1) is 7.50. The summed E-state index contributed by atoms with van der Waals surface area (Å²) in [6, 6.07) is 0. The number of aryl methyl sites for hydroxylation is 1. The number of aromatic amines is 1. The second-order valence-electron chi connectivity index (χ2n) is 3.82. The van der Waals surface area contributed by atoms with Crippen LogP contribution in [0.3, 0.4) is 0 Å². The Bertz CT molecular complexity index is 636. The van der Waals surface area contributed by atoms with E-state index in [1.807, 2.05) is 12.3 Å². The Morgan fingerprint density at radius 1 is 1.56 bits per heavy atom. The van der Waals surface area contributed by atoms with E-state index in [2.05, 4.69) is 4.98 Å². The molecular weight excluding hydrogens is 228 g/mol. The number of hydrogen-bond donors (Lipinski definition) is 2. The van der Waals surface area contributed by atoms with Gasteiger partial charge in [-0.3, -0.25) is 14.3 Å². The molecule has 86 valence electrons. The Kier molecular flexibility index (Phi) is 2.69. The molecule has 0 spiro atoms. The molecule has 1 atom stereocenters. The molecule has 0 saturated heterocycles. The molecule has 2 aromatic rings. The largest absolute Gasteiger partial charge is 0.392 e. The number of nitrogens with zero attached hydrogens (tertiary/aromatic N) is 1. The number of fused-ring (bicyclic) bond motifs is 1. The van der Waals surface area contributed by atoms with Gasteiger partial charge in [-0.2, -0.15) is 0 Å². The Morgan fingerprint density at radius 2 is 2.25 bits per heavy atom. The summed E-state index contributed by atoms with van der Waals surface area (Å²) in [5.74, 6) is 0. The van der Waals surface area contributed by atoms with Crippen LogP contribution in [0.15, 0.2) is 15.0 Å². The highest BCUT2D eigenvalue weighted by molar-refractivity contribution is 7.17. The fourth-order valence-electron chi connectivity index (χ4n) is 1.65. The van der Waals surface area contributed by atoms with Crippen LogP contribution in [0.25, 0.3) is 10.2 Å². The maximum Gasteiger partial charge on any atom is 0.329 e. The molecule has 2 rings (SSSR count). The molecule has 0 saturated carbocycles. The number of rotatable bonds is 2. The number of H-pyrrole nitrogens is 1. The molecule has 0 amide bonds. The van der Waals surface area contributed by atoms with Gasteiger partial charge in [0.05, 0.1) is 18.0 Å². The van der Waals surface area contributed by atoms with Crippen molar-refractivity contribution in [3.63, 3.8) is 0 Å². The quantitative estimate of drug-likeness (QED) is 0.799. The molecule has 2 aromatic heterocycles. The highest BCUT2D eigenvalue weighted by Gasteiger charge is 2.12. The van der Waals surface area contributed by atoms with Gasteiger partial charge in [-0.1, -0.05) is 0 Å². The van der Waals surface area contributed by atoms with Crippen molar-refractivity contribution in [1.29, 1.82) is 0 Å². The lowest BCUT2D eigenvalue weighted by atomic mass is 10.3. The number of aliphatic hydroxyl groups excluding tert-OH is 1. The number of aliphatic hydroxyl groups is 1. The topological polar surface area (TPSA) is 75.1 Å². The molecule has 0 aromatic carbocycles. The summed E-state index contributed by atoms with van der Waals surface area (Å²) in [6.07, 6.45) is -0.630. The fraction of sp³-hybridized carbons (Fsp3) is 0.400. The maximum absolute atomic E-state index is 11.6.